The van der Waals surface area contributed by atoms with Crippen LogP contribution in [0.3, 0.4) is 0 Å². The molecule has 116 valence electrons. The normalized spacial score (nSPS) is 11.7. The number of carbonyl (C=O) groups is 1. The Morgan fingerprint density at radius 1 is 1.55 bits per heavy atom. The first-order valence-electron chi connectivity index (χ1n) is 6.35. The van der Waals surface area contributed by atoms with Gasteiger partial charge in [0.25, 0.3) is 6.47 Å². The Morgan fingerprint density at radius 3 is 3.05 bits per heavy atom. The number of rotatable bonds is 7. The van der Waals surface area contributed by atoms with E-state index in [-0.39, 0.29) is 11.9 Å². The van der Waals surface area contributed by atoms with E-state index < -0.39 is 0 Å². The summed E-state index contributed by atoms with van der Waals surface area (Å²) < 4.78 is 4.86. The van der Waals surface area contributed by atoms with Crippen LogP contribution in [0.4, 0.5) is 17.2 Å². The van der Waals surface area contributed by atoms with E-state index >= 15 is 0 Å². The summed E-state index contributed by atoms with van der Waals surface area (Å²) in [7, 11) is 0. The lowest BCUT2D eigenvalue weighted by molar-refractivity contribution is -0.128. The molecule has 1 unspecified atom stereocenters. The van der Waals surface area contributed by atoms with Crippen LogP contribution in [0.2, 0.25) is 5.02 Å². The molecule has 0 bridgehead atoms. The molecule has 1 aromatic heterocycles. The van der Waals surface area contributed by atoms with Crippen LogP contribution in [-0.2, 0) is 9.53 Å². The van der Waals surface area contributed by atoms with Gasteiger partial charge in [-0.05, 0) is 24.5 Å². The molecular formula is C14H15ClN4O2S. The third-order valence-electron chi connectivity index (χ3n) is 2.95. The average Bonchev–Trinajstić information content (AvgIpc) is 2.52. The fourth-order valence-corrected chi connectivity index (χ4v) is 2.69. The fraction of sp³-hybridized carbons (Fsp3) is 0.214. The summed E-state index contributed by atoms with van der Waals surface area (Å²) in [5.41, 5.74) is 7.98. The summed E-state index contributed by atoms with van der Waals surface area (Å²) in [5.74, 6) is 0.609. The lowest BCUT2D eigenvalue weighted by Crippen LogP contribution is -2.09. The summed E-state index contributed by atoms with van der Waals surface area (Å²) in [6, 6.07) is 5.18. The molecule has 0 radical (unpaired) electrons. The SMILES string of the molecule is CSC(COC=O)c1cncnc1Nc1ccc(Cl)cc1N. The third kappa shape index (κ3) is 4.02. The Hall–Kier alpha value is -1.99. The number of anilines is 3. The highest BCUT2D eigenvalue weighted by molar-refractivity contribution is 7.98. The molecule has 1 heterocycles. The highest BCUT2D eigenvalue weighted by Gasteiger charge is 2.17. The maximum Gasteiger partial charge on any atom is 0.293 e. The van der Waals surface area contributed by atoms with Crippen molar-refractivity contribution in [2.45, 2.75) is 5.25 Å². The van der Waals surface area contributed by atoms with Gasteiger partial charge in [0.05, 0.1) is 16.6 Å². The molecule has 0 aliphatic carbocycles. The predicted octanol–water partition coefficient (Wildman–Crippen LogP) is 3.03. The van der Waals surface area contributed by atoms with Crippen molar-refractivity contribution in [2.75, 3.05) is 23.9 Å². The predicted molar refractivity (Wildman–Crippen MR) is 89.5 cm³/mol. The summed E-state index contributed by atoms with van der Waals surface area (Å²) in [5, 5.41) is 3.65. The summed E-state index contributed by atoms with van der Waals surface area (Å²) in [4.78, 5) is 18.7. The van der Waals surface area contributed by atoms with Crippen molar-refractivity contribution in [1.29, 1.82) is 0 Å². The summed E-state index contributed by atoms with van der Waals surface area (Å²) in [6.45, 7) is 0.667. The Bertz CT molecular complexity index is 656. The zero-order chi connectivity index (χ0) is 15.9. The number of ether oxygens (including phenoxy) is 1. The molecule has 8 heteroatoms. The first kappa shape index (κ1) is 16.4. The van der Waals surface area contributed by atoms with Gasteiger partial charge in [-0.1, -0.05) is 11.6 Å². The quantitative estimate of drug-likeness (QED) is 0.592. The topological polar surface area (TPSA) is 90.1 Å². The highest BCUT2D eigenvalue weighted by atomic mass is 35.5. The largest absolute Gasteiger partial charge is 0.466 e. The van der Waals surface area contributed by atoms with E-state index in [1.807, 2.05) is 6.26 Å². The fourth-order valence-electron chi connectivity index (χ4n) is 1.87. The van der Waals surface area contributed by atoms with E-state index in [1.165, 1.54) is 18.1 Å². The molecule has 0 spiro atoms. The number of halogens is 1. The molecule has 6 nitrogen and oxygen atoms in total. The van der Waals surface area contributed by atoms with Crippen LogP contribution in [0.1, 0.15) is 10.8 Å². The summed E-state index contributed by atoms with van der Waals surface area (Å²) >= 11 is 7.43. The van der Waals surface area contributed by atoms with Crippen molar-refractivity contribution in [2.24, 2.45) is 0 Å². The van der Waals surface area contributed by atoms with Crippen LogP contribution < -0.4 is 11.1 Å². The van der Waals surface area contributed by atoms with Crippen LogP contribution in [0, 0.1) is 0 Å². The van der Waals surface area contributed by atoms with Crippen LogP contribution in [-0.4, -0.2) is 29.3 Å². The number of carbonyl (C=O) groups excluding carboxylic acids is 1. The van der Waals surface area contributed by atoms with Crippen LogP contribution in [0.25, 0.3) is 0 Å². The van der Waals surface area contributed by atoms with Gasteiger partial charge in [-0.3, -0.25) is 4.79 Å². The molecule has 3 N–H and O–H groups in total. The minimum atomic E-state index is -0.0811. The van der Waals surface area contributed by atoms with Gasteiger partial charge in [0.2, 0.25) is 0 Å². The standard InChI is InChI=1S/C14H15ClN4O2S/c1-22-13(6-21-8-20)10-5-17-7-18-14(10)19-12-3-2-9(15)4-11(12)16/h2-5,7-8,13H,6,16H2,1H3,(H,17,18,19). The second-order valence-electron chi connectivity index (χ2n) is 4.34. The van der Waals surface area contributed by atoms with E-state index in [0.717, 1.165) is 5.56 Å². The number of nitrogens with zero attached hydrogens (tertiary/aromatic N) is 2. The van der Waals surface area contributed by atoms with Gasteiger partial charge in [-0.2, -0.15) is 11.8 Å². The molecule has 1 aromatic carbocycles. The van der Waals surface area contributed by atoms with Crippen LogP contribution >= 0.6 is 23.4 Å². The molecular weight excluding hydrogens is 324 g/mol. The molecule has 2 rings (SSSR count). The number of aromatic nitrogens is 2. The van der Waals surface area contributed by atoms with Gasteiger partial charge in [-0.25, -0.2) is 9.97 Å². The minimum Gasteiger partial charge on any atom is -0.466 e. The van der Waals surface area contributed by atoms with E-state index in [1.54, 1.807) is 24.4 Å². The average molecular weight is 339 g/mol. The maximum absolute atomic E-state index is 10.4. The number of nitrogen functional groups attached to an aromatic ring is 1. The lowest BCUT2D eigenvalue weighted by atomic mass is 10.2. The van der Waals surface area contributed by atoms with Crippen molar-refractivity contribution in [3.05, 3.63) is 41.3 Å². The van der Waals surface area contributed by atoms with Gasteiger partial charge >= 0.3 is 0 Å². The minimum absolute atomic E-state index is 0.0811. The Morgan fingerprint density at radius 2 is 2.36 bits per heavy atom. The number of benzene rings is 1. The van der Waals surface area contributed by atoms with Crippen molar-refractivity contribution in [1.82, 2.24) is 9.97 Å². The second-order valence-corrected chi connectivity index (χ2v) is 5.81. The molecule has 22 heavy (non-hydrogen) atoms. The molecule has 0 fully saturated rings. The van der Waals surface area contributed by atoms with Gasteiger partial charge in [0, 0.05) is 16.8 Å². The first-order valence-corrected chi connectivity index (χ1v) is 8.02. The van der Waals surface area contributed by atoms with E-state index in [0.29, 0.717) is 28.7 Å². The van der Waals surface area contributed by atoms with Gasteiger partial charge in [0.1, 0.15) is 18.8 Å². The number of nitrogens with two attached hydrogens (primary N) is 1. The van der Waals surface area contributed by atoms with Crippen molar-refractivity contribution in [3.63, 3.8) is 0 Å². The zero-order valence-corrected chi connectivity index (χ0v) is 13.4. The number of hydrogen-bond acceptors (Lipinski definition) is 7. The molecule has 2 aromatic rings. The van der Waals surface area contributed by atoms with Crippen molar-refractivity contribution < 1.29 is 9.53 Å². The van der Waals surface area contributed by atoms with Crippen molar-refractivity contribution >= 4 is 47.0 Å². The Labute approximate surface area is 137 Å². The van der Waals surface area contributed by atoms with Gasteiger partial charge in [-0.15, -0.1) is 0 Å². The number of thioether (sulfide) groups is 1. The summed E-state index contributed by atoms with van der Waals surface area (Å²) in [6.07, 6.45) is 5.05. The van der Waals surface area contributed by atoms with E-state index in [9.17, 15) is 4.79 Å². The molecule has 0 saturated carbocycles. The molecule has 0 aliphatic heterocycles. The van der Waals surface area contributed by atoms with Crippen LogP contribution in [0.5, 0.6) is 0 Å². The van der Waals surface area contributed by atoms with Crippen molar-refractivity contribution in [3.8, 4) is 0 Å². The smallest absolute Gasteiger partial charge is 0.293 e. The zero-order valence-electron chi connectivity index (χ0n) is 11.8. The third-order valence-corrected chi connectivity index (χ3v) is 4.15. The molecule has 0 saturated heterocycles. The van der Waals surface area contributed by atoms with Gasteiger partial charge < -0.3 is 15.8 Å². The Balaban J connectivity index is 2.29. The van der Waals surface area contributed by atoms with E-state index in [2.05, 4.69) is 15.3 Å². The van der Waals surface area contributed by atoms with E-state index in [4.69, 9.17) is 22.1 Å². The molecule has 1 atom stereocenters. The second kappa shape index (κ2) is 7.86. The van der Waals surface area contributed by atoms with Crippen LogP contribution in [0.15, 0.2) is 30.7 Å². The Kier molecular flexibility index (Phi) is 5.85. The molecule has 0 aliphatic rings. The monoisotopic (exact) mass is 338 g/mol. The number of hydrogen-bond donors (Lipinski definition) is 2. The van der Waals surface area contributed by atoms with Gasteiger partial charge in [0.15, 0.2) is 0 Å². The maximum atomic E-state index is 10.4. The highest BCUT2D eigenvalue weighted by Crippen LogP contribution is 2.33. The first-order chi connectivity index (χ1) is 10.7. The lowest BCUT2D eigenvalue weighted by Gasteiger charge is -2.17. The number of nitrogens with one attached hydrogen (secondary N) is 1. The molecule has 0 amide bonds.